The molecule has 2 aliphatic heterocycles. The number of hydrogen-bond acceptors (Lipinski definition) is 6. The number of nitrogens with zero attached hydrogens (tertiary/aromatic N) is 1. The smallest absolute Gasteiger partial charge is 0.310 e. The molecule has 2 aromatic carbocycles. The van der Waals surface area contributed by atoms with Crippen LogP contribution in [0.3, 0.4) is 0 Å². The third kappa shape index (κ3) is 4.96. The highest BCUT2D eigenvalue weighted by Gasteiger charge is 2.30. The Morgan fingerprint density at radius 3 is 2.74 bits per heavy atom. The van der Waals surface area contributed by atoms with E-state index in [9.17, 15) is 14.4 Å². The molecule has 1 saturated heterocycles. The summed E-state index contributed by atoms with van der Waals surface area (Å²) in [4.78, 5) is 38.7. The summed E-state index contributed by atoms with van der Waals surface area (Å²) in [5.41, 5.74) is 3.46. The molecule has 1 atom stereocenters. The van der Waals surface area contributed by atoms with Crippen LogP contribution < -0.4 is 20.3 Å². The maximum atomic E-state index is 12.2. The lowest BCUT2D eigenvalue weighted by molar-refractivity contribution is -0.150. The number of ether oxygens (including phenoxy) is 2. The van der Waals surface area contributed by atoms with Crippen molar-refractivity contribution in [1.82, 2.24) is 0 Å². The predicted molar refractivity (Wildman–Crippen MR) is 116 cm³/mol. The lowest BCUT2D eigenvalue weighted by Gasteiger charge is -2.25. The summed E-state index contributed by atoms with van der Waals surface area (Å²) in [5, 5.41) is 5.42. The highest BCUT2D eigenvalue weighted by atomic mass is 16.5. The average Bonchev–Trinajstić information content (AvgIpc) is 3.27. The molecule has 2 aliphatic rings. The van der Waals surface area contributed by atoms with Crippen molar-refractivity contribution in [2.24, 2.45) is 0 Å². The number of anilines is 3. The zero-order valence-electron chi connectivity index (χ0n) is 17.3. The number of aryl methyl sites for hydroxylation is 1. The third-order valence-corrected chi connectivity index (χ3v) is 5.35. The number of carbonyl (C=O) groups is 3. The van der Waals surface area contributed by atoms with Gasteiger partial charge in [-0.2, -0.15) is 0 Å². The van der Waals surface area contributed by atoms with Crippen molar-refractivity contribution in [2.45, 2.75) is 32.3 Å². The van der Waals surface area contributed by atoms with Crippen LogP contribution in [0, 0.1) is 6.92 Å². The van der Waals surface area contributed by atoms with Crippen LogP contribution in [0.15, 0.2) is 42.5 Å². The Labute approximate surface area is 180 Å². The molecule has 162 valence electrons. The minimum absolute atomic E-state index is 0.281. The molecule has 2 N–H and O–H groups in total. The van der Waals surface area contributed by atoms with Crippen molar-refractivity contribution in [3.05, 3.63) is 48.0 Å². The van der Waals surface area contributed by atoms with Gasteiger partial charge in [0.2, 0.25) is 0 Å². The van der Waals surface area contributed by atoms with Gasteiger partial charge in [0.15, 0.2) is 12.7 Å². The highest BCUT2D eigenvalue weighted by molar-refractivity contribution is 5.99. The largest absolute Gasteiger partial charge is 0.478 e. The molecule has 2 aromatic rings. The van der Waals surface area contributed by atoms with Gasteiger partial charge in [-0.15, -0.1) is 0 Å². The summed E-state index contributed by atoms with van der Waals surface area (Å²) >= 11 is 0. The van der Waals surface area contributed by atoms with Gasteiger partial charge in [-0.05, 0) is 55.7 Å². The van der Waals surface area contributed by atoms with Crippen LogP contribution >= 0.6 is 0 Å². The summed E-state index contributed by atoms with van der Waals surface area (Å²) in [6, 6.07) is 12.7. The van der Waals surface area contributed by atoms with E-state index in [2.05, 4.69) is 15.5 Å². The molecular formula is C23H25N3O5. The van der Waals surface area contributed by atoms with E-state index in [1.807, 2.05) is 25.1 Å². The van der Waals surface area contributed by atoms with Gasteiger partial charge < -0.3 is 25.0 Å². The standard InChI is InChI=1S/C23H25N3O5/c1-15-12-16(8-9-18(15)26-10-4-5-11-26)24-21(27)14-30-22(28)13-20-23(29)25-17-6-2-3-7-19(17)31-20/h2-3,6-9,12,20H,4-5,10-11,13-14H2,1H3,(H,24,27)(H,25,29)/t20-/m1/s1. The predicted octanol–water partition coefficient (Wildman–Crippen LogP) is 2.87. The van der Waals surface area contributed by atoms with Gasteiger partial charge in [-0.3, -0.25) is 14.4 Å². The minimum Gasteiger partial charge on any atom is -0.478 e. The normalized spacial score (nSPS) is 17.4. The highest BCUT2D eigenvalue weighted by Crippen LogP contribution is 2.30. The topological polar surface area (TPSA) is 97.0 Å². The monoisotopic (exact) mass is 423 g/mol. The molecule has 1 fully saturated rings. The fourth-order valence-corrected chi connectivity index (χ4v) is 3.83. The number of carbonyl (C=O) groups excluding carboxylic acids is 3. The average molecular weight is 423 g/mol. The molecule has 0 unspecified atom stereocenters. The van der Waals surface area contributed by atoms with E-state index in [4.69, 9.17) is 9.47 Å². The Hall–Kier alpha value is -3.55. The molecule has 0 bridgehead atoms. The number of hydrogen-bond donors (Lipinski definition) is 2. The Morgan fingerprint density at radius 2 is 1.97 bits per heavy atom. The van der Waals surface area contributed by atoms with Crippen LogP contribution in [-0.4, -0.2) is 43.6 Å². The molecule has 4 rings (SSSR count). The Balaban J connectivity index is 1.25. The Morgan fingerprint density at radius 1 is 1.19 bits per heavy atom. The molecule has 0 aliphatic carbocycles. The van der Waals surface area contributed by atoms with Crippen molar-refractivity contribution in [2.75, 3.05) is 35.2 Å². The van der Waals surface area contributed by atoms with Crippen molar-refractivity contribution in [1.29, 1.82) is 0 Å². The second-order valence-electron chi connectivity index (χ2n) is 7.70. The Kier molecular flexibility index (Phi) is 6.06. The van der Waals surface area contributed by atoms with Gasteiger partial charge in [0, 0.05) is 24.5 Å². The molecule has 8 heteroatoms. The summed E-state index contributed by atoms with van der Waals surface area (Å²) in [5.74, 6) is -1.06. The summed E-state index contributed by atoms with van der Waals surface area (Å²) in [6.07, 6.45) is 1.12. The first-order chi connectivity index (χ1) is 15.0. The minimum atomic E-state index is -0.994. The van der Waals surface area contributed by atoms with E-state index in [0.29, 0.717) is 17.1 Å². The van der Waals surface area contributed by atoms with Crippen LogP contribution in [0.2, 0.25) is 0 Å². The van der Waals surface area contributed by atoms with E-state index in [1.54, 1.807) is 24.3 Å². The van der Waals surface area contributed by atoms with Crippen LogP contribution in [0.25, 0.3) is 0 Å². The summed E-state index contributed by atoms with van der Waals surface area (Å²) in [7, 11) is 0. The zero-order chi connectivity index (χ0) is 21.8. The van der Waals surface area contributed by atoms with Gasteiger partial charge in [-0.1, -0.05) is 12.1 Å². The molecule has 2 heterocycles. The quantitative estimate of drug-likeness (QED) is 0.694. The SMILES string of the molecule is Cc1cc(NC(=O)COC(=O)C[C@H]2Oc3ccccc3NC2=O)ccc1N1CCCC1. The first-order valence-corrected chi connectivity index (χ1v) is 10.4. The van der Waals surface area contributed by atoms with Crippen molar-refractivity contribution in [3.63, 3.8) is 0 Å². The third-order valence-electron chi connectivity index (χ3n) is 5.35. The van der Waals surface area contributed by atoms with E-state index in [-0.39, 0.29) is 6.42 Å². The number of fused-ring (bicyclic) bond motifs is 1. The van der Waals surface area contributed by atoms with Gasteiger partial charge in [0.25, 0.3) is 11.8 Å². The number of benzene rings is 2. The first kappa shape index (κ1) is 20.7. The van der Waals surface area contributed by atoms with Crippen LogP contribution in [0.4, 0.5) is 17.1 Å². The second-order valence-corrected chi connectivity index (χ2v) is 7.70. The molecule has 31 heavy (non-hydrogen) atoms. The molecular weight excluding hydrogens is 398 g/mol. The van der Waals surface area contributed by atoms with Gasteiger partial charge in [0.1, 0.15) is 5.75 Å². The lowest BCUT2D eigenvalue weighted by Crippen LogP contribution is -2.39. The van der Waals surface area contributed by atoms with Crippen molar-refractivity contribution in [3.8, 4) is 5.75 Å². The van der Waals surface area contributed by atoms with Gasteiger partial charge >= 0.3 is 5.97 Å². The first-order valence-electron chi connectivity index (χ1n) is 10.4. The Bertz CT molecular complexity index is 1000. The van der Waals surface area contributed by atoms with E-state index >= 15 is 0 Å². The summed E-state index contributed by atoms with van der Waals surface area (Å²) in [6.45, 7) is 3.68. The zero-order valence-corrected chi connectivity index (χ0v) is 17.3. The number of para-hydroxylation sites is 2. The molecule has 0 spiro atoms. The van der Waals surface area contributed by atoms with Crippen LogP contribution in [-0.2, 0) is 19.1 Å². The summed E-state index contributed by atoms with van der Waals surface area (Å²) < 4.78 is 10.6. The van der Waals surface area contributed by atoms with Gasteiger partial charge in [0.05, 0.1) is 12.1 Å². The van der Waals surface area contributed by atoms with E-state index < -0.39 is 30.5 Å². The molecule has 0 saturated carbocycles. The van der Waals surface area contributed by atoms with Crippen LogP contribution in [0.5, 0.6) is 5.75 Å². The molecule has 0 aromatic heterocycles. The molecule has 0 radical (unpaired) electrons. The fraction of sp³-hybridized carbons (Fsp3) is 0.348. The van der Waals surface area contributed by atoms with Gasteiger partial charge in [-0.25, -0.2) is 0 Å². The lowest BCUT2D eigenvalue weighted by atomic mass is 10.1. The maximum Gasteiger partial charge on any atom is 0.310 e. The molecule has 8 nitrogen and oxygen atoms in total. The fourth-order valence-electron chi connectivity index (χ4n) is 3.83. The van der Waals surface area contributed by atoms with Crippen molar-refractivity contribution < 1.29 is 23.9 Å². The second kappa shape index (κ2) is 9.07. The maximum absolute atomic E-state index is 12.2. The van der Waals surface area contributed by atoms with Crippen molar-refractivity contribution >= 4 is 34.8 Å². The molecule has 2 amide bonds. The van der Waals surface area contributed by atoms with E-state index in [1.165, 1.54) is 18.5 Å². The number of amides is 2. The van der Waals surface area contributed by atoms with Crippen LogP contribution in [0.1, 0.15) is 24.8 Å². The number of rotatable bonds is 6. The number of nitrogens with one attached hydrogen (secondary N) is 2. The van der Waals surface area contributed by atoms with E-state index in [0.717, 1.165) is 18.7 Å². The number of esters is 1.